The van der Waals surface area contributed by atoms with Gasteiger partial charge >= 0.3 is 85.4 Å². The molecule has 56 valence electrons. The van der Waals surface area contributed by atoms with Gasteiger partial charge < -0.3 is 5.11 Å². The molecule has 1 N–H and O–H groups in total. The van der Waals surface area contributed by atoms with Crippen molar-refractivity contribution in [2.75, 3.05) is 6.61 Å². The Bertz CT molecular complexity index is 162. The van der Waals surface area contributed by atoms with Crippen molar-refractivity contribution in [1.82, 2.24) is 0 Å². The molecule has 0 saturated heterocycles. The first kappa shape index (κ1) is 11.8. The van der Waals surface area contributed by atoms with Crippen LogP contribution in [0.2, 0.25) is 0 Å². The van der Waals surface area contributed by atoms with Crippen LogP contribution in [0.4, 0.5) is 0 Å². The number of hydrogen-bond acceptors (Lipinski definition) is 1. The van der Waals surface area contributed by atoms with Crippen LogP contribution < -0.4 is 0 Å². The summed E-state index contributed by atoms with van der Waals surface area (Å²) < 4.78 is 1.33. The van der Waals surface area contributed by atoms with Gasteiger partial charge in [-0.2, -0.15) is 0 Å². The minimum atomic E-state index is 0.250. The van der Waals surface area contributed by atoms with E-state index < -0.39 is 0 Å². The third-order valence-corrected chi connectivity index (χ3v) is 2.53. The van der Waals surface area contributed by atoms with Crippen molar-refractivity contribution in [3.8, 4) is 0 Å². The molecule has 0 atom stereocenters. The monoisotopic (exact) mass is 176 g/mol. The van der Waals surface area contributed by atoms with Crippen LogP contribution >= 0.6 is 0 Å². The molecule has 0 aliphatic heterocycles. The molecular formula is C9H13KO. The molecule has 1 rings (SSSR count). The van der Waals surface area contributed by atoms with E-state index in [1.54, 1.807) is 6.92 Å². The Morgan fingerprint density at radius 1 is 1.27 bits per heavy atom. The zero-order valence-electron chi connectivity index (χ0n) is 7.25. The Hall–Kier alpha value is 0.816. The second-order valence-electron chi connectivity index (χ2n) is 2.16. The molecule has 2 heteroatoms. The molecular weight excluding hydrogens is 163 g/mol. The summed E-state index contributed by atoms with van der Waals surface area (Å²) in [7, 11) is 0. The number of aliphatic hydroxyl groups excluding tert-OH is 1. The third kappa shape index (κ3) is 7.19. The van der Waals surface area contributed by atoms with Crippen LogP contribution in [0.3, 0.4) is 0 Å². The Balaban J connectivity index is 0.000000292. The molecule has 0 aromatic heterocycles. The molecule has 0 fully saturated rings. The summed E-state index contributed by atoms with van der Waals surface area (Å²) >= 11 is 0.967. The normalized spacial score (nSPS) is 8.36. The van der Waals surface area contributed by atoms with E-state index in [-0.39, 0.29) is 6.61 Å². The van der Waals surface area contributed by atoms with Gasteiger partial charge in [-0.25, -0.2) is 0 Å². The van der Waals surface area contributed by atoms with E-state index in [1.165, 1.54) is 6.08 Å². The van der Waals surface area contributed by atoms with Gasteiger partial charge in [-0.05, 0) is 6.92 Å². The van der Waals surface area contributed by atoms with Crippen LogP contribution in [0.25, 0.3) is 0 Å². The van der Waals surface area contributed by atoms with E-state index in [1.807, 2.05) is 0 Å². The van der Waals surface area contributed by atoms with Gasteiger partial charge in [-0.1, -0.05) is 0 Å². The first-order chi connectivity index (χ1) is 5.35. The predicted octanol–water partition coefficient (Wildman–Crippen LogP) is 1.35. The van der Waals surface area contributed by atoms with Crippen LogP contribution in [0.15, 0.2) is 30.3 Å². The van der Waals surface area contributed by atoms with Crippen molar-refractivity contribution in [3.63, 3.8) is 0 Å². The molecule has 11 heavy (non-hydrogen) atoms. The topological polar surface area (TPSA) is 20.2 Å². The Morgan fingerprint density at radius 3 is 2.00 bits per heavy atom. The fourth-order valence-corrected chi connectivity index (χ4v) is 1.45. The Labute approximate surface area is 102 Å². The molecule has 0 saturated carbocycles. The molecule has 0 amide bonds. The molecule has 1 aromatic carbocycles. The summed E-state index contributed by atoms with van der Waals surface area (Å²) in [6, 6.07) is 10.6. The van der Waals surface area contributed by atoms with Gasteiger partial charge in [-0.3, -0.25) is 0 Å². The maximum atomic E-state index is 7.57. The average Bonchev–Trinajstić information content (AvgIpc) is 2.08. The second-order valence-corrected chi connectivity index (χ2v) is 3.26. The predicted molar refractivity (Wildman–Crippen MR) is 48.7 cm³/mol. The summed E-state index contributed by atoms with van der Waals surface area (Å²) in [5.74, 6) is 0. The van der Waals surface area contributed by atoms with E-state index in [2.05, 4.69) is 30.3 Å². The molecule has 0 unspecified atom stereocenters. The molecule has 0 radical (unpaired) electrons. The summed E-state index contributed by atoms with van der Waals surface area (Å²) in [4.78, 5) is 0. The quantitative estimate of drug-likeness (QED) is 0.640. The van der Waals surface area contributed by atoms with Gasteiger partial charge in [-0.15, -0.1) is 0 Å². The second kappa shape index (κ2) is 8.91. The van der Waals surface area contributed by atoms with Crippen LogP contribution in [0, 0.1) is 0 Å². The minimum absolute atomic E-state index is 0.250. The SMILES string of the molecule is CCO.[K][CH2]c1ccccc1. The average molecular weight is 176 g/mol. The van der Waals surface area contributed by atoms with E-state index in [0.29, 0.717) is 0 Å². The fraction of sp³-hybridized carbons (Fsp3) is 0.333. The zero-order valence-corrected chi connectivity index (χ0v) is 10.4. The summed E-state index contributed by atoms with van der Waals surface area (Å²) in [5.41, 5.74) is 1.49. The zero-order chi connectivity index (χ0) is 8.53. The van der Waals surface area contributed by atoms with Crippen LogP contribution in [0.1, 0.15) is 12.5 Å². The van der Waals surface area contributed by atoms with Crippen LogP contribution in [-0.4, -0.2) is 60.7 Å². The number of hydrogen-bond donors (Lipinski definition) is 1. The summed E-state index contributed by atoms with van der Waals surface area (Å²) in [6.07, 6.45) is 0. The van der Waals surface area contributed by atoms with Crippen LogP contribution in [-0.2, 0) is 0.515 Å². The summed E-state index contributed by atoms with van der Waals surface area (Å²) in [6.45, 7) is 1.93. The van der Waals surface area contributed by atoms with Crippen molar-refractivity contribution in [3.05, 3.63) is 35.9 Å². The molecule has 0 heterocycles. The van der Waals surface area contributed by atoms with Crippen molar-refractivity contribution >= 4 is 49.0 Å². The summed E-state index contributed by atoms with van der Waals surface area (Å²) in [5, 5.41) is 7.57. The van der Waals surface area contributed by atoms with E-state index in [9.17, 15) is 0 Å². The molecule has 0 aliphatic rings. The molecule has 1 aromatic rings. The van der Waals surface area contributed by atoms with Crippen molar-refractivity contribution < 1.29 is 5.11 Å². The number of benzene rings is 1. The van der Waals surface area contributed by atoms with Crippen molar-refractivity contribution in [1.29, 1.82) is 0 Å². The molecule has 0 spiro atoms. The van der Waals surface area contributed by atoms with Crippen molar-refractivity contribution in [2.45, 2.75) is 7.44 Å². The van der Waals surface area contributed by atoms with Gasteiger partial charge in [0.1, 0.15) is 0 Å². The molecule has 0 bridgehead atoms. The Kier molecular flexibility index (Phi) is 9.57. The van der Waals surface area contributed by atoms with Gasteiger partial charge in [0.15, 0.2) is 0 Å². The van der Waals surface area contributed by atoms with Gasteiger partial charge in [0, 0.05) is 6.61 Å². The van der Waals surface area contributed by atoms with Gasteiger partial charge in [0.2, 0.25) is 0 Å². The number of rotatable bonds is 1. The van der Waals surface area contributed by atoms with Crippen LogP contribution in [0.5, 0.6) is 0 Å². The first-order valence-corrected chi connectivity index (χ1v) is 6.20. The van der Waals surface area contributed by atoms with E-state index in [0.717, 1.165) is 49.0 Å². The number of aliphatic hydroxyl groups is 1. The third-order valence-electron chi connectivity index (χ3n) is 1.25. The van der Waals surface area contributed by atoms with E-state index in [4.69, 9.17) is 5.11 Å². The van der Waals surface area contributed by atoms with E-state index >= 15 is 0 Å². The van der Waals surface area contributed by atoms with Gasteiger partial charge in [0.05, 0.1) is 0 Å². The maximum absolute atomic E-state index is 7.57. The first-order valence-electron chi connectivity index (χ1n) is 3.99. The molecule has 1 nitrogen and oxygen atoms in total. The fourth-order valence-electron chi connectivity index (χ4n) is 0.714. The van der Waals surface area contributed by atoms with Gasteiger partial charge in [0.25, 0.3) is 0 Å². The van der Waals surface area contributed by atoms with Crippen molar-refractivity contribution in [2.24, 2.45) is 0 Å². The molecule has 0 aliphatic carbocycles. The Morgan fingerprint density at radius 2 is 1.73 bits per heavy atom. The standard InChI is InChI=1S/C7H7.C2H6O.K/c1-7-5-3-2-4-6-7;1-2-3;/h2-6H,1H2;3H,2H2,1H3;.